The molecule has 0 fully saturated rings. The number of benzene rings is 2. The Balaban J connectivity index is 1.72. The van der Waals surface area contributed by atoms with Crippen molar-refractivity contribution in [3.63, 3.8) is 0 Å². The summed E-state index contributed by atoms with van der Waals surface area (Å²) in [6.07, 6.45) is -0.609. The van der Waals surface area contributed by atoms with Crippen LogP contribution in [0.2, 0.25) is 5.02 Å². The Morgan fingerprint density at radius 1 is 1.14 bits per heavy atom. The summed E-state index contributed by atoms with van der Waals surface area (Å²) in [5.74, 6) is -0.236. The molecule has 9 heteroatoms. The Morgan fingerprint density at radius 2 is 1.86 bits per heavy atom. The van der Waals surface area contributed by atoms with E-state index in [2.05, 4.69) is 14.9 Å². The van der Waals surface area contributed by atoms with Gasteiger partial charge in [0.05, 0.1) is 28.9 Å². The molecular weight excluding hydrogens is 386 g/mol. The van der Waals surface area contributed by atoms with Gasteiger partial charge in [-0.05, 0) is 24.3 Å². The van der Waals surface area contributed by atoms with Crippen LogP contribution in [0.4, 0.5) is 10.5 Å². The first-order valence-electron chi connectivity index (χ1n) is 8.16. The van der Waals surface area contributed by atoms with E-state index < -0.39 is 12.1 Å². The van der Waals surface area contributed by atoms with Crippen molar-refractivity contribution in [1.29, 1.82) is 0 Å². The largest absolute Gasteiger partial charge is 0.454 e. The fraction of sp³-hybridized carbons (Fsp3) is 0.158. The maximum absolute atomic E-state index is 12.5. The lowest BCUT2D eigenvalue weighted by atomic mass is 10.1. The van der Waals surface area contributed by atoms with E-state index in [9.17, 15) is 9.59 Å². The number of methoxy groups -OCH3 is 1. The summed E-state index contributed by atoms with van der Waals surface area (Å²) in [6, 6.07) is 13.5. The number of rotatable bonds is 5. The first kappa shape index (κ1) is 19.4. The van der Waals surface area contributed by atoms with Crippen LogP contribution >= 0.6 is 11.6 Å². The minimum Gasteiger partial charge on any atom is -0.454 e. The number of nitrogens with zero attached hydrogens (tertiary/aromatic N) is 3. The van der Waals surface area contributed by atoms with Gasteiger partial charge in [-0.3, -0.25) is 4.90 Å². The molecule has 1 aromatic heterocycles. The Kier molecular flexibility index (Phi) is 5.90. The van der Waals surface area contributed by atoms with Gasteiger partial charge in [-0.1, -0.05) is 41.0 Å². The molecule has 0 spiro atoms. The van der Waals surface area contributed by atoms with Crippen molar-refractivity contribution in [3.8, 4) is 11.5 Å². The van der Waals surface area contributed by atoms with E-state index in [1.54, 1.807) is 48.5 Å². The summed E-state index contributed by atoms with van der Waals surface area (Å²) in [4.78, 5) is 29.6. The average Bonchev–Trinajstić information content (AvgIpc) is 3.20. The lowest BCUT2D eigenvalue weighted by molar-refractivity contribution is 0.0460. The van der Waals surface area contributed by atoms with Crippen LogP contribution in [0.1, 0.15) is 16.2 Å². The van der Waals surface area contributed by atoms with Crippen LogP contribution in [0, 0.1) is 0 Å². The van der Waals surface area contributed by atoms with Crippen molar-refractivity contribution in [2.45, 2.75) is 6.61 Å². The van der Waals surface area contributed by atoms with E-state index in [0.717, 1.165) is 0 Å². The van der Waals surface area contributed by atoms with E-state index in [0.29, 0.717) is 16.3 Å². The first-order valence-corrected chi connectivity index (χ1v) is 8.54. The monoisotopic (exact) mass is 401 g/mol. The van der Waals surface area contributed by atoms with Gasteiger partial charge in [0.25, 0.3) is 5.89 Å². The molecule has 0 saturated heterocycles. The number of para-hydroxylation sites is 1. The number of hydrogen-bond acceptors (Lipinski definition) is 7. The van der Waals surface area contributed by atoms with Gasteiger partial charge in [-0.15, -0.1) is 0 Å². The molecule has 1 amide bonds. The van der Waals surface area contributed by atoms with Gasteiger partial charge < -0.3 is 14.0 Å². The first-order chi connectivity index (χ1) is 13.5. The van der Waals surface area contributed by atoms with Crippen LogP contribution < -0.4 is 4.90 Å². The van der Waals surface area contributed by atoms with Crippen LogP contribution in [0.25, 0.3) is 11.5 Å². The smallest absolute Gasteiger partial charge is 0.413 e. The molecule has 28 heavy (non-hydrogen) atoms. The average molecular weight is 402 g/mol. The number of halogens is 1. The second-order valence-electron chi connectivity index (χ2n) is 5.62. The van der Waals surface area contributed by atoms with E-state index in [4.69, 9.17) is 20.9 Å². The molecule has 0 N–H and O–H groups in total. The third-order valence-electron chi connectivity index (χ3n) is 3.84. The standard InChI is InChI=1S/C19H16ClN3O5/c1-23(19(25)26-2)15-10-6-4-8-13(15)18(24)27-11-16-21-17(28-22-16)12-7-3-5-9-14(12)20/h3-10H,11H2,1-2H3. The zero-order valence-electron chi connectivity index (χ0n) is 15.1. The molecule has 1 heterocycles. The van der Waals surface area contributed by atoms with E-state index in [1.807, 2.05) is 0 Å². The van der Waals surface area contributed by atoms with Crippen LogP contribution in [-0.2, 0) is 16.1 Å². The number of carbonyl (C=O) groups is 2. The Hall–Kier alpha value is -3.39. The predicted octanol–water partition coefficient (Wildman–Crippen LogP) is 3.95. The maximum Gasteiger partial charge on any atom is 0.413 e. The second kappa shape index (κ2) is 8.53. The van der Waals surface area contributed by atoms with Crippen molar-refractivity contribution >= 4 is 29.4 Å². The summed E-state index contributed by atoms with van der Waals surface area (Å²) in [5, 5.41) is 4.26. The Morgan fingerprint density at radius 3 is 2.61 bits per heavy atom. The molecule has 0 unspecified atom stereocenters. The number of anilines is 1. The van der Waals surface area contributed by atoms with Crippen LogP contribution in [0.3, 0.4) is 0 Å². The molecule has 0 radical (unpaired) electrons. The fourth-order valence-corrected chi connectivity index (χ4v) is 2.66. The van der Waals surface area contributed by atoms with Crippen LogP contribution in [0.15, 0.2) is 53.1 Å². The lowest BCUT2D eigenvalue weighted by Crippen LogP contribution is -2.27. The third-order valence-corrected chi connectivity index (χ3v) is 4.17. The number of ether oxygens (including phenoxy) is 2. The van der Waals surface area contributed by atoms with Crippen molar-refractivity contribution < 1.29 is 23.6 Å². The van der Waals surface area contributed by atoms with Gasteiger partial charge in [0.2, 0.25) is 5.82 Å². The van der Waals surface area contributed by atoms with Crippen LogP contribution in [-0.4, -0.2) is 36.4 Å². The highest BCUT2D eigenvalue weighted by Crippen LogP contribution is 2.26. The van der Waals surface area contributed by atoms with Gasteiger partial charge in [0, 0.05) is 7.05 Å². The molecule has 0 aliphatic rings. The SMILES string of the molecule is COC(=O)N(C)c1ccccc1C(=O)OCc1noc(-c2ccccc2Cl)n1. The van der Waals surface area contributed by atoms with Crippen LogP contribution in [0.5, 0.6) is 0 Å². The number of amides is 1. The summed E-state index contributed by atoms with van der Waals surface area (Å²) in [6.45, 7) is -0.205. The van der Waals surface area contributed by atoms with E-state index >= 15 is 0 Å². The minimum atomic E-state index is -0.643. The normalized spacial score (nSPS) is 10.4. The van der Waals surface area contributed by atoms with Gasteiger partial charge in [-0.25, -0.2) is 9.59 Å². The quantitative estimate of drug-likeness (QED) is 0.597. The molecule has 0 atom stereocenters. The summed E-state index contributed by atoms with van der Waals surface area (Å²) < 4.78 is 15.1. The summed E-state index contributed by atoms with van der Waals surface area (Å²) in [5.41, 5.74) is 1.13. The Bertz CT molecular complexity index is 1000. The zero-order chi connectivity index (χ0) is 20.1. The topological polar surface area (TPSA) is 94.8 Å². The van der Waals surface area contributed by atoms with Crippen molar-refractivity contribution in [2.75, 3.05) is 19.1 Å². The van der Waals surface area contributed by atoms with Gasteiger partial charge >= 0.3 is 12.1 Å². The highest BCUT2D eigenvalue weighted by molar-refractivity contribution is 6.33. The molecule has 3 rings (SSSR count). The second-order valence-corrected chi connectivity index (χ2v) is 6.03. The summed E-state index contributed by atoms with van der Waals surface area (Å²) >= 11 is 6.10. The molecule has 0 aliphatic heterocycles. The van der Waals surface area contributed by atoms with Crippen molar-refractivity contribution in [3.05, 3.63) is 64.9 Å². The molecule has 144 valence electrons. The van der Waals surface area contributed by atoms with Crippen molar-refractivity contribution in [2.24, 2.45) is 0 Å². The number of esters is 1. The molecule has 0 bridgehead atoms. The van der Waals surface area contributed by atoms with Crippen molar-refractivity contribution in [1.82, 2.24) is 10.1 Å². The molecule has 8 nitrogen and oxygen atoms in total. The van der Waals surface area contributed by atoms with E-state index in [1.165, 1.54) is 19.1 Å². The third kappa shape index (κ3) is 4.12. The zero-order valence-corrected chi connectivity index (χ0v) is 15.8. The molecular formula is C19H16ClN3O5. The Labute approximate surface area is 165 Å². The highest BCUT2D eigenvalue weighted by Gasteiger charge is 2.20. The fourth-order valence-electron chi connectivity index (χ4n) is 2.44. The van der Waals surface area contributed by atoms with Gasteiger partial charge in [0.15, 0.2) is 6.61 Å². The highest BCUT2D eigenvalue weighted by atomic mass is 35.5. The maximum atomic E-state index is 12.5. The lowest BCUT2D eigenvalue weighted by Gasteiger charge is -2.18. The molecule has 0 aliphatic carbocycles. The predicted molar refractivity (Wildman–Crippen MR) is 101 cm³/mol. The minimum absolute atomic E-state index is 0.182. The molecule has 2 aromatic carbocycles. The number of hydrogen-bond donors (Lipinski definition) is 0. The molecule has 0 saturated carbocycles. The number of carbonyl (C=O) groups excluding carboxylic acids is 2. The summed E-state index contributed by atoms with van der Waals surface area (Å²) in [7, 11) is 2.75. The van der Waals surface area contributed by atoms with E-state index in [-0.39, 0.29) is 23.9 Å². The van der Waals surface area contributed by atoms with Gasteiger partial charge in [-0.2, -0.15) is 4.98 Å². The molecule has 3 aromatic rings. The van der Waals surface area contributed by atoms with Gasteiger partial charge in [0.1, 0.15) is 0 Å². The number of aromatic nitrogens is 2.